The van der Waals surface area contributed by atoms with Crippen LogP contribution < -0.4 is 5.73 Å². The predicted octanol–water partition coefficient (Wildman–Crippen LogP) is 2.22. The van der Waals surface area contributed by atoms with Gasteiger partial charge in [0.1, 0.15) is 5.84 Å². The Balaban J connectivity index is 4.18. The molecule has 0 aliphatic rings. The van der Waals surface area contributed by atoms with Crippen LogP contribution in [0.25, 0.3) is 0 Å². The molecule has 0 aromatic rings. The maximum Gasteiger partial charge on any atom is 0.127 e. The van der Waals surface area contributed by atoms with E-state index < -0.39 is 0 Å². The van der Waals surface area contributed by atoms with E-state index in [4.69, 9.17) is 5.73 Å². The molecule has 0 aliphatic carbocycles. The Bertz CT molecular complexity index is 173. The zero-order valence-electron chi connectivity index (χ0n) is 8.95. The first-order valence-corrected chi connectivity index (χ1v) is 5.01. The molecule has 1 unspecified atom stereocenters. The highest BCUT2D eigenvalue weighted by atomic mass is 14.9. The topological polar surface area (TPSA) is 50.7 Å². The Morgan fingerprint density at radius 1 is 1.46 bits per heavy atom. The maximum atomic E-state index is 5.25. The van der Waals surface area contributed by atoms with Crippen LogP contribution in [0.4, 0.5) is 0 Å². The third-order valence-corrected chi connectivity index (χ3v) is 2.20. The van der Waals surface area contributed by atoms with Crippen LogP contribution in [0.2, 0.25) is 0 Å². The quantitative estimate of drug-likeness (QED) is 0.515. The van der Waals surface area contributed by atoms with Crippen molar-refractivity contribution in [3.05, 3.63) is 0 Å². The average molecular weight is 183 g/mol. The van der Waals surface area contributed by atoms with Crippen LogP contribution in [0.3, 0.4) is 0 Å². The van der Waals surface area contributed by atoms with E-state index in [9.17, 15) is 0 Å². The number of nitrogens with zero attached hydrogens (tertiary/aromatic N) is 2. The molecule has 0 aromatic heterocycles. The van der Waals surface area contributed by atoms with E-state index >= 15 is 0 Å². The molecule has 3 heteroatoms. The summed E-state index contributed by atoms with van der Waals surface area (Å²) in [6.07, 6.45) is 6.04. The number of hydrogen-bond acceptors (Lipinski definition) is 1. The van der Waals surface area contributed by atoms with Gasteiger partial charge in [-0.15, -0.1) is 0 Å². The normalized spacial score (nSPS) is 15.2. The minimum atomic E-state index is 0.477. The predicted molar refractivity (Wildman–Crippen MR) is 59.3 cm³/mol. The highest BCUT2D eigenvalue weighted by Crippen LogP contribution is 2.15. The molecule has 13 heavy (non-hydrogen) atoms. The molecule has 0 saturated carbocycles. The number of rotatable bonds is 5. The van der Waals surface area contributed by atoms with Crippen LogP contribution in [0.15, 0.2) is 9.98 Å². The molecule has 0 saturated heterocycles. The van der Waals surface area contributed by atoms with E-state index in [1.165, 1.54) is 19.2 Å². The molecule has 2 N–H and O–H groups in total. The van der Waals surface area contributed by atoms with Crippen molar-refractivity contribution in [3.8, 4) is 0 Å². The molecule has 0 heterocycles. The smallest absolute Gasteiger partial charge is 0.127 e. The van der Waals surface area contributed by atoms with E-state index in [0.717, 1.165) is 18.7 Å². The summed E-state index contributed by atoms with van der Waals surface area (Å²) in [5.41, 5.74) is 5.25. The maximum absolute atomic E-state index is 5.25. The second kappa shape index (κ2) is 7.77. The van der Waals surface area contributed by atoms with Gasteiger partial charge in [-0.05, 0) is 12.8 Å². The number of nitrogens with two attached hydrogens (primary N) is 1. The fourth-order valence-electron chi connectivity index (χ4n) is 1.39. The first kappa shape index (κ1) is 12.1. The monoisotopic (exact) mass is 183 g/mol. The third-order valence-electron chi connectivity index (χ3n) is 2.20. The van der Waals surface area contributed by atoms with Crippen LogP contribution in [0.5, 0.6) is 0 Å². The Kier molecular flexibility index (Phi) is 7.26. The van der Waals surface area contributed by atoms with Crippen molar-refractivity contribution < 1.29 is 0 Å². The van der Waals surface area contributed by atoms with Crippen LogP contribution in [0, 0.1) is 5.92 Å². The van der Waals surface area contributed by atoms with Crippen molar-refractivity contribution >= 4 is 12.2 Å². The van der Waals surface area contributed by atoms with Crippen LogP contribution in [-0.2, 0) is 0 Å². The lowest BCUT2D eigenvalue weighted by atomic mass is 9.98. The van der Waals surface area contributed by atoms with Gasteiger partial charge in [0.2, 0.25) is 0 Å². The summed E-state index contributed by atoms with van der Waals surface area (Å²) in [7, 11) is 1.77. The van der Waals surface area contributed by atoms with Crippen molar-refractivity contribution in [2.24, 2.45) is 21.6 Å². The highest BCUT2D eigenvalue weighted by molar-refractivity contribution is 5.90. The van der Waals surface area contributed by atoms with E-state index in [1.807, 2.05) is 0 Å². The van der Waals surface area contributed by atoms with Gasteiger partial charge in [-0.3, -0.25) is 4.99 Å². The van der Waals surface area contributed by atoms with Gasteiger partial charge in [0.15, 0.2) is 0 Å². The summed E-state index contributed by atoms with van der Waals surface area (Å²) in [5.74, 6) is 1.36. The Morgan fingerprint density at radius 3 is 2.54 bits per heavy atom. The van der Waals surface area contributed by atoms with Crippen LogP contribution in [-0.4, -0.2) is 19.2 Å². The van der Waals surface area contributed by atoms with Gasteiger partial charge in [0, 0.05) is 13.0 Å². The number of hydrogen-bond donors (Lipinski definition) is 1. The number of amidine groups is 1. The molecular weight excluding hydrogens is 162 g/mol. The SMILES string of the molecule is CCCCC(CC)C(N=CN)=NC. The van der Waals surface area contributed by atoms with Crippen LogP contribution in [0.1, 0.15) is 39.5 Å². The van der Waals surface area contributed by atoms with Gasteiger partial charge in [0.05, 0.1) is 6.34 Å². The molecule has 0 fully saturated rings. The van der Waals surface area contributed by atoms with Crippen molar-refractivity contribution in [1.29, 1.82) is 0 Å². The summed E-state index contributed by atoms with van der Waals surface area (Å²) in [4.78, 5) is 8.21. The van der Waals surface area contributed by atoms with E-state index in [2.05, 4.69) is 23.8 Å². The van der Waals surface area contributed by atoms with Gasteiger partial charge >= 0.3 is 0 Å². The van der Waals surface area contributed by atoms with Crippen LogP contribution >= 0.6 is 0 Å². The minimum Gasteiger partial charge on any atom is -0.390 e. The molecule has 0 radical (unpaired) electrons. The van der Waals surface area contributed by atoms with Gasteiger partial charge in [-0.1, -0.05) is 26.7 Å². The molecule has 1 atom stereocenters. The van der Waals surface area contributed by atoms with Crippen molar-refractivity contribution in [2.75, 3.05) is 7.05 Å². The summed E-state index contributed by atoms with van der Waals surface area (Å²) in [6.45, 7) is 4.36. The molecule has 76 valence electrons. The minimum absolute atomic E-state index is 0.477. The summed E-state index contributed by atoms with van der Waals surface area (Å²) < 4.78 is 0. The van der Waals surface area contributed by atoms with Gasteiger partial charge in [0.25, 0.3) is 0 Å². The summed E-state index contributed by atoms with van der Waals surface area (Å²) in [5, 5.41) is 0. The largest absolute Gasteiger partial charge is 0.390 e. The van der Waals surface area contributed by atoms with Gasteiger partial charge in [-0.2, -0.15) is 0 Å². The Labute approximate surface area is 81.2 Å². The van der Waals surface area contributed by atoms with E-state index in [1.54, 1.807) is 7.05 Å². The van der Waals surface area contributed by atoms with Crippen molar-refractivity contribution in [3.63, 3.8) is 0 Å². The molecular formula is C10H21N3. The second-order valence-electron chi connectivity index (χ2n) is 3.11. The second-order valence-corrected chi connectivity index (χ2v) is 3.11. The lowest BCUT2D eigenvalue weighted by Crippen LogP contribution is -2.13. The number of unbranched alkanes of at least 4 members (excludes halogenated alkanes) is 1. The van der Waals surface area contributed by atoms with E-state index in [-0.39, 0.29) is 0 Å². The highest BCUT2D eigenvalue weighted by Gasteiger charge is 2.11. The zero-order valence-corrected chi connectivity index (χ0v) is 8.95. The Hall–Kier alpha value is -0.860. The Morgan fingerprint density at radius 2 is 2.15 bits per heavy atom. The molecule has 3 nitrogen and oxygen atoms in total. The first-order valence-electron chi connectivity index (χ1n) is 5.01. The molecule has 0 spiro atoms. The summed E-state index contributed by atoms with van der Waals surface area (Å²) in [6, 6.07) is 0. The average Bonchev–Trinajstić information content (AvgIpc) is 2.17. The fraction of sp³-hybridized carbons (Fsp3) is 0.800. The number of aliphatic imine (C=N–C) groups is 2. The first-order chi connectivity index (χ1) is 6.29. The fourth-order valence-corrected chi connectivity index (χ4v) is 1.39. The molecule has 0 aliphatic heterocycles. The van der Waals surface area contributed by atoms with E-state index in [0.29, 0.717) is 5.92 Å². The standard InChI is InChI=1S/C10H21N3/c1-4-6-7-9(5-2)10(12-3)13-8-11/h8-9H,4-7H2,1-3H3,(H2,11,12,13). The van der Waals surface area contributed by atoms with Gasteiger partial charge < -0.3 is 5.73 Å². The summed E-state index contributed by atoms with van der Waals surface area (Å²) >= 11 is 0. The molecule has 0 bridgehead atoms. The lowest BCUT2D eigenvalue weighted by Gasteiger charge is -2.12. The molecule has 0 aromatic carbocycles. The molecule has 0 rings (SSSR count). The lowest BCUT2D eigenvalue weighted by molar-refractivity contribution is 0.564. The van der Waals surface area contributed by atoms with Crippen molar-refractivity contribution in [1.82, 2.24) is 0 Å². The van der Waals surface area contributed by atoms with Gasteiger partial charge in [-0.25, -0.2) is 4.99 Å². The van der Waals surface area contributed by atoms with Crippen molar-refractivity contribution in [2.45, 2.75) is 39.5 Å². The molecule has 0 amide bonds. The zero-order chi connectivity index (χ0) is 10.1. The third kappa shape index (κ3) is 4.65.